The number of phenols is 1. The topological polar surface area (TPSA) is 156 Å². The molecule has 1 atom stereocenters. The third-order valence-electron chi connectivity index (χ3n) is 3.63. The summed E-state index contributed by atoms with van der Waals surface area (Å²) in [5.41, 5.74) is 0.967. The molecule has 0 amide bonds. The molecule has 6 N–H and O–H groups in total. The number of aromatic hydroxyl groups is 1. The highest BCUT2D eigenvalue weighted by atomic mass is 31.2. The molecule has 0 spiro atoms. The molecular formula is C15H18O8P2. The van der Waals surface area contributed by atoms with E-state index in [-0.39, 0.29) is 29.2 Å². The molecule has 1 unspecified atom stereocenters. The molecule has 2 aromatic carbocycles. The predicted molar refractivity (Wildman–Crippen MR) is 90.9 cm³/mol. The van der Waals surface area contributed by atoms with Crippen molar-refractivity contribution < 1.29 is 38.9 Å². The second-order valence-corrected chi connectivity index (χ2v) is 8.95. The van der Waals surface area contributed by atoms with Gasteiger partial charge in [0.1, 0.15) is 11.9 Å². The van der Waals surface area contributed by atoms with Gasteiger partial charge in [0, 0.05) is 5.56 Å². The van der Waals surface area contributed by atoms with Crippen LogP contribution in [-0.4, -0.2) is 35.9 Å². The van der Waals surface area contributed by atoms with Gasteiger partial charge >= 0.3 is 15.2 Å². The number of phenolic OH excluding ortho intramolecular Hbond substituents is 1. The second kappa shape index (κ2) is 7.40. The smallest absolute Gasteiger partial charge is 0.356 e. The highest BCUT2D eigenvalue weighted by Crippen LogP contribution is 2.37. The Morgan fingerprint density at radius 2 is 1.52 bits per heavy atom. The van der Waals surface area contributed by atoms with E-state index >= 15 is 0 Å². The lowest BCUT2D eigenvalue weighted by Crippen LogP contribution is -2.08. The highest BCUT2D eigenvalue weighted by Gasteiger charge is 2.22. The monoisotopic (exact) mass is 388 g/mol. The van der Waals surface area contributed by atoms with Gasteiger partial charge in [-0.3, -0.25) is 9.13 Å². The first-order valence-electron chi connectivity index (χ1n) is 7.18. The maximum Gasteiger partial charge on any atom is 0.356 e. The van der Waals surface area contributed by atoms with Crippen LogP contribution in [0, 0.1) is 0 Å². The van der Waals surface area contributed by atoms with E-state index in [1.54, 1.807) is 12.1 Å². The summed E-state index contributed by atoms with van der Waals surface area (Å²) in [6.45, 7) is 0. The van der Waals surface area contributed by atoms with Crippen LogP contribution in [0.3, 0.4) is 0 Å². The Morgan fingerprint density at radius 3 is 2.04 bits per heavy atom. The molecule has 0 aliphatic carbocycles. The summed E-state index contributed by atoms with van der Waals surface area (Å²) in [6.07, 6.45) is -1.44. The zero-order chi connectivity index (χ0) is 18.8. The first-order chi connectivity index (χ1) is 11.5. The van der Waals surface area contributed by atoms with E-state index in [0.29, 0.717) is 11.1 Å². The predicted octanol–water partition coefficient (Wildman–Crippen LogP) is 0.997. The minimum atomic E-state index is -4.53. The number of rotatable bonds is 6. The number of benzene rings is 2. The molecule has 0 aliphatic heterocycles. The van der Waals surface area contributed by atoms with Gasteiger partial charge < -0.3 is 29.8 Å². The average Bonchev–Trinajstić information content (AvgIpc) is 2.51. The molecule has 8 nitrogen and oxygen atoms in total. The fourth-order valence-corrected chi connectivity index (χ4v) is 3.39. The van der Waals surface area contributed by atoms with E-state index in [1.165, 1.54) is 12.1 Å². The lowest BCUT2D eigenvalue weighted by molar-refractivity contribution is 0.215. The number of hydrogen-bond acceptors (Lipinski definition) is 4. The molecule has 0 bridgehead atoms. The summed E-state index contributed by atoms with van der Waals surface area (Å²) in [7, 11) is -8.62. The first kappa shape index (κ1) is 19.8. The average molecular weight is 388 g/mol. The van der Waals surface area contributed by atoms with Crippen LogP contribution in [-0.2, 0) is 15.6 Å². The Kier molecular flexibility index (Phi) is 5.86. The second-order valence-electron chi connectivity index (χ2n) is 5.57. The Bertz CT molecular complexity index is 837. The Hall–Kier alpha value is -1.50. The summed E-state index contributed by atoms with van der Waals surface area (Å²) in [5.74, 6) is -0.310. The van der Waals surface area contributed by atoms with Gasteiger partial charge in [-0.25, -0.2) is 0 Å². The van der Waals surface area contributed by atoms with Crippen LogP contribution in [0.5, 0.6) is 5.75 Å². The summed E-state index contributed by atoms with van der Waals surface area (Å²) in [4.78, 5) is 36.1. The Morgan fingerprint density at radius 1 is 0.920 bits per heavy atom. The lowest BCUT2D eigenvalue weighted by Gasteiger charge is -2.15. The quantitative estimate of drug-likeness (QED) is 0.400. The molecule has 0 saturated heterocycles. The SMILES string of the molecule is O=P(O)(O)CCc1ccc(C(O)c2cc(P(=O)(O)O)ccc2O)cc1. The molecule has 0 radical (unpaired) electrons. The minimum absolute atomic E-state index is 0.0520. The molecular weight excluding hydrogens is 370 g/mol. The van der Waals surface area contributed by atoms with Crippen LogP contribution >= 0.6 is 15.2 Å². The Balaban J connectivity index is 2.25. The molecule has 0 aliphatic rings. The molecule has 136 valence electrons. The van der Waals surface area contributed by atoms with E-state index in [9.17, 15) is 29.1 Å². The van der Waals surface area contributed by atoms with Crippen molar-refractivity contribution in [3.63, 3.8) is 0 Å². The van der Waals surface area contributed by atoms with Gasteiger partial charge in [-0.2, -0.15) is 0 Å². The van der Waals surface area contributed by atoms with Crippen molar-refractivity contribution in [2.75, 3.05) is 6.16 Å². The van der Waals surface area contributed by atoms with Crippen LogP contribution < -0.4 is 5.30 Å². The van der Waals surface area contributed by atoms with Crippen molar-refractivity contribution in [3.05, 3.63) is 59.2 Å². The van der Waals surface area contributed by atoms with Crippen LogP contribution in [0.25, 0.3) is 0 Å². The third kappa shape index (κ3) is 5.49. The molecule has 2 rings (SSSR count). The minimum Gasteiger partial charge on any atom is -0.508 e. The van der Waals surface area contributed by atoms with Gasteiger partial charge in [0.05, 0.1) is 11.5 Å². The molecule has 0 fully saturated rings. The van der Waals surface area contributed by atoms with Crippen molar-refractivity contribution in [2.24, 2.45) is 0 Å². The molecule has 0 saturated carbocycles. The maximum atomic E-state index is 11.3. The van der Waals surface area contributed by atoms with Gasteiger partial charge in [0.15, 0.2) is 0 Å². The summed E-state index contributed by atoms with van der Waals surface area (Å²) < 4.78 is 22.2. The van der Waals surface area contributed by atoms with Crippen LogP contribution in [0.4, 0.5) is 0 Å². The highest BCUT2D eigenvalue weighted by molar-refractivity contribution is 7.60. The maximum absolute atomic E-state index is 11.3. The van der Waals surface area contributed by atoms with Gasteiger partial charge in [-0.1, -0.05) is 24.3 Å². The number of aryl methyl sites for hydroxylation is 1. The van der Waals surface area contributed by atoms with Crippen molar-refractivity contribution >= 4 is 20.5 Å². The van der Waals surface area contributed by atoms with Gasteiger partial charge in [-0.05, 0) is 35.7 Å². The van der Waals surface area contributed by atoms with E-state index in [0.717, 1.165) is 18.2 Å². The molecule has 25 heavy (non-hydrogen) atoms. The van der Waals surface area contributed by atoms with Crippen LogP contribution in [0.15, 0.2) is 42.5 Å². The van der Waals surface area contributed by atoms with Gasteiger partial charge in [0.2, 0.25) is 0 Å². The summed E-state index contributed by atoms with van der Waals surface area (Å²) in [5, 5.41) is 19.9. The molecule has 0 heterocycles. The standard InChI is InChI=1S/C15H18O8P2/c16-14-6-5-12(25(21,22)23)9-13(14)15(17)11-3-1-10(2-4-11)7-8-24(18,19)20/h1-6,9,15-17H,7-8H2,(H2,18,19,20)(H2,21,22,23). The fourth-order valence-electron chi connectivity index (χ4n) is 2.26. The Labute approximate surface area is 143 Å². The third-order valence-corrected chi connectivity index (χ3v) is 5.39. The molecule has 10 heteroatoms. The number of aliphatic hydroxyl groups excluding tert-OH is 1. The summed E-state index contributed by atoms with van der Waals surface area (Å²) in [6, 6.07) is 9.42. The lowest BCUT2D eigenvalue weighted by atomic mass is 9.99. The number of aliphatic hydroxyl groups is 1. The fraction of sp³-hybridized carbons (Fsp3) is 0.200. The van der Waals surface area contributed by atoms with Gasteiger partial charge in [-0.15, -0.1) is 0 Å². The molecule has 0 aromatic heterocycles. The summed E-state index contributed by atoms with van der Waals surface area (Å²) >= 11 is 0. The molecule has 2 aromatic rings. The normalized spacial score (nSPS) is 13.6. The van der Waals surface area contributed by atoms with Crippen LogP contribution in [0.2, 0.25) is 0 Å². The van der Waals surface area contributed by atoms with Crippen molar-refractivity contribution in [3.8, 4) is 5.75 Å². The van der Waals surface area contributed by atoms with Crippen molar-refractivity contribution in [1.29, 1.82) is 0 Å². The zero-order valence-corrected chi connectivity index (χ0v) is 14.7. The van der Waals surface area contributed by atoms with E-state index in [1.807, 2.05) is 0 Å². The largest absolute Gasteiger partial charge is 0.508 e. The van der Waals surface area contributed by atoms with Crippen molar-refractivity contribution in [1.82, 2.24) is 0 Å². The van der Waals surface area contributed by atoms with E-state index in [4.69, 9.17) is 9.79 Å². The van der Waals surface area contributed by atoms with Crippen molar-refractivity contribution in [2.45, 2.75) is 12.5 Å². The van der Waals surface area contributed by atoms with Crippen LogP contribution in [0.1, 0.15) is 22.8 Å². The van der Waals surface area contributed by atoms with E-state index < -0.39 is 21.3 Å². The first-order valence-corrected chi connectivity index (χ1v) is 10.6. The zero-order valence-electron chi connectivity index (χ0n) is 12.9. The number of hydrogen-bond donors (Lipinski definition) is 6. The van der Waals surface area contributed by atoms with E-state index in [2.05, 4.69) is 0 Å². The van der Waals surface area contributed by atoms with Gasteiger partial charge in [0.25, 0.3) is 0 Å².